The van der Waals surface area contributed by atoms with Crippen molar-refractivity contribution in [2.75, 3.05) is 13.1 Å². The highest BCUT2D eigenvalue weighted by Crippen LogP contribution is 2.39. The van der Waals surface area contributed by atoms with E-state index in [1.54, 1.807) is 0 Å². The van der Waals surface area contributed by atoms with Gasteiger partial charge in [-0.3, -0.25) is 4.79 Å². The van der Waals surface area contributed by atoms with E-state index in [4.69, 9.17) is 16.7 Å². The fourth-order valence-electron chi connectivity index (χ4n) is 2.52. The van der Waals surface area contributed by atoms with Crippen molar-refractivity contribution in [1.82, 2.24) is 4.31 Å². The Kier molecular flexibility index (Phi) is 5.12. The minimum absolute atomic E-state index is 0.0691. The number of nitrogens with zero attached hydrogens (tertiary/aromatic N) is 1. The van der Waals surface area contributed by atoms with Crippen LogP contribution in [0.1, 0.15) is 5.56 Å². The van der Waals surface area contributed by atoms with Crippen LogP contribution in [0.4, 0.5) is 17.6 Å². The minimum Gasteiger partial charge on any atom is -0.481 e. The third kappa shape index (κ3) is 3.98. The number of aliphatic carboxylic acids is 1. The van der Waals surface area contributed by atoms with Gasteiger partial charge >= 0.3 is 12.1 Å². The molecule has 1 aromatic carbocycles. The second kappa shape index (κ2) is 6.49. The molecule has 0 bridgehead atoms. The standard InChI is InChI=1S/C13H12ClF4NO4S/c14-8-1-2-11(15)7(3-8)6-24(22,23)19-4-9(12(20)21)10(5-19)13(16,17)18/h1-3,9-10H,4-6H2,(H,20,21)/t9-,10-/m1/s1. The fourth-order valence-corrected chi connectivity index (χ4v) is 4.29. The average Bonchev–Trinajstić information content (AvgIpc) is 2.89. The lowest BCUT2D eigenvalue weighted by atomic mass is 9.96. The molecule has 1 N–H and O–H groups in total. The molecule has 1 aliphatic heterocycles. The first-order valence-electron chi connectivity index (χ1n) is 6.63. The van der Waals surface area contributed by atoms with Crippen LogP contribution in [0, 0.1) is 17.7 Å². The maximum atomic E-state index is 13.6. The summed E-state index contributed by atoms with van der Waals surface area (Å²) in [6, 6.07) is 3.19. The van der Waals surface area contributed by atoms with Crippen molar-refractivity contribution in [3.63, 3.8) is 0 Å². The van der Waals surface area contributed by atoms with Gasteiger partial charge in [0, 0.05) is 23.7 Å². The van der Waals surface area contributed by atoms with Crippen molar-refractivity contribution in [2.45, 2.75) is 11.9 Å². The summed E-state index contributed by atoms with van der Waals surface area (Å²) in [5.74, 6) is -7.72. The van der Waals surface area contributed by atoms with Crippen LogP contribution in [-0.2, 0) is 20.6 Å². The number of halogens is 5. The van der Waals surface area contributed by atoms with E-state index in [1.807, 2.05) is 0 Å². The lowest BCUT2D eigenvalue weighted by Crippen LogP contribution is -2.34. The topological polar surface area (TPSA) is 74.7 Å². The number of carbonyl (C=O) groups is 1. The van der Waals surface area contributed by atoms with Crippen LogP contribution < -0.4 is 0 Å². The second-order valence-electron chi connectivity index (χ2n) is 5.40. The van der Waals surface area contributed by atoms with Crippen LogP contribution in [0.25, 0.3) is 0 Å². The van der Waals surface area contributed by atoms with Crippen LogP contribution in [0.15, 0.2) is 18.2 Å². The van der Waals surface area contributed by atoms with Gasteiger partial charge in [0.25, 0.3) is 0 Å². The number of rotatable bonds is 4. The van der Waals surface area contributed by atoms with Gasteiger partial charge in [-0.15, -0.1) is 0 Å². The van der Waals surface area contributed by atoms with Crippen LogP contribution in [0.2, 0.25) is 5.02 Å². The minimum atomic E-state index is -4.85. The number of hydrogen-bond donors (Lipinski definition) is 1. The van der Waals surface area contributed by atoms with E-state index in [-0.39, 0.29) is 10.6 Å². The lowest BCUT2D eigenvalue weighted by molar-refractivity contribution is -0.187. The zero-order chi connectivity index (χ0) is 18.3. The van der Waals surface area contributed by atoms with Gasteiger partial charge in [-0.2, -0.15) is 13.2 Å². The zero-order valence-corrected chi connectivity index (χ0v) is 13.5. The number of carboxylic acid groups (broad SMARTS) is 1. The van der Waals surface area contributed by atoms with Gasteiger partial charge in [-0.25, -0.2) is 17.1 Å². The summed E-state index contributed by atoms with van der Waals surface area (Å²) in [7, 11) is -4.34. The first kappa shape index (κ1) is 18.9. The van der Waals surface area contributed by atoms with Crippen LogP contribution >= 0.6 is 11.6 Å². The third-order valence-corrected chi connectivity index (χ3v) is 5.76. The molecule has 1 saturated heterocycles. The Bertz CT molecular complexity index is 753. The molecule has 2 rings (SSSR count). The van der Waals surface area contributed by atoms with Crippen molar-refractivity contribution in [1.29, 1.82) is 0 Å². The Morgan fingerprint density at radius 1 is 1.33 bits per heavy atom. The first-order chi connectivity index (χ1) is 10.9. The summed E-state index contributed by atoms with van der Waals surface area (Å²) in [6.07, 6.45) is -4.85. The molecule has 134 valence electrons. The van der Waals surface area contributed by atoms with Crippen LogP contribution in [0.3, 0.4) is 0 Å². The Hall–Kier alpha value is -1.39. The van der Waals surface area contributed by atoms with Crippen molar-refractivity contribution >= 4 is 27.6 Å². The molecule has 5 nitrogen and oxygen atoms in total. The Morgan fingerprint density at radius 3 is 2.46 bits per heavy atom. The molecule has 11 heteroatoms. The van der Waals surface area contributed by atoms with Gasteiger partial charge in [-0.05, 0) is 18.2 Å². The van der Waals surface area contributed by atoms with Gasteiger partial charge in [-0.1, -0.05) is 11.6 Å². The van der Waals surface area contributed by atoms with E-state index in [0.29, 0.717) is 4.31 Å². The average molecular weight is 390 g/mol. The van der Waals surface area contributed by atoms with Gasteiger partial charge in [0.1, 0.15) is 5.82 Å². The summed E-state index contributed by atoms with van der Waals surface area (Å²) in [4.78, 5) is 11.0. The molecule has 1 heterocycles. The van der Waals surface area contributed by atoms with E-state index in [0.717, 1.165) is 12.1 Å². The molecule has 1 aliphatic rings. The Morgan fingerprint density at radius 2 is 1.96 bits per heavy atom. The molecule has 0 radical (unpaired) electrons. The van der Waals surface area contributed by atoms with E-state index < -0.39 is 58.7 Å². The SMILES string of the molecule is O=C(O)[C@@H]1CN(S(=O)(=O)Cc2cc(Cl)ccc2F)C[C@H]1C(F)(F)F. The first-order valence-corrected chi connectivity index (χ1v) is 8.62. The fraction of sp³-hybridized carbons (Fsp3) is 0.462. The van der Waals surface area contributed by atoms with Gasteiger partial charge in [0.15, 0.2) is 0 Å². The molecule has 0 aliphatic carbocycles. The van der Waals surface area contributed by atoms with E-state index in [1.165, 1.54) is 6.07 Å². The normalized spacial score (nSPS) is 22.7. The van der Waals surface area contributed by atoms with E-state index >= 15 is 0 Å². The van der Waals surface area contributed by atoms with Crippen molar-refractivity contribution in [2.24, 2.45) is 11.8 Å². The van der Waals surface area contributed by atoms with Crippen molar-refractivity contribution in [3.8, 4) is 0 Å². The number of benzene rings is 1. The molecule has 0 aromatic heterocycles. The van der Waals surface area contributed by atoms with Crippen LogP contribution in [0.5, 0.6) is 0 Å². The summed E-state index contributed by atoms with van der Waals surface area (Å²) >= 11 is 5.65. The molecule has 2 atom stereocenters. The lowest BCUT2D eigenvalue weighted by Gasteiger charge is -2.18. The van der Waals surface area contributed by atoms with Crippen molar-refractivity contribution < 1.29 is 35.9 Å². The molecular formula is C13H12ClF4NO4S. The number of carboxylic acids is 1. The summed E-state index contributed by atoms with van der Waals surface area (Å²) in [5.41, 5.74) is -0.301. The number of sulfonamides is 1. The highest BCUT2D eigenvalue weighted by Gasteiger charge is 2.54. The van der Waals surface area contributed by atoms with E-state index in [9.17, 15) is 30.8 Å². The van der Waals surface area contributed by atoms with Gasteiger partial charge in [0.05, 0.1) is 17.6 Å². The molecule has 24 heavy (non-hydrogen) atoms. The molecule has 0 amide bonds. The van der Waals surface area contributed by atoms with Crippen molar-refractivity contribution in [3.05, 3.63) is 34.6 Å². The predicted octanol–water partition coefficient (Wildman–Crippen LogP) is 2.50. The maximum Gasteiger partial charge on any atom is 0.393 e. The highest BCUT2D eigenvalue weighted by molar-refractivity contribution is 7.88. The Labute approximate surface area is 139 Å². The quantitative estimate of drug-likeness (QED) is 0.803. The maximum absolute atomic E-state index is 13.6. The number of hydrogen-bond acceptors (Lipinski definition) is 3. The molecule has 0 saturated carbocycles. The predicted molar refractivity (Wildman–Crippen MR) is 76.3 cm³/mol. The largest absolute Gasteiger partial charge is 0.481 e. The molecule has 0 spiro atoms. The molecule has 1 aromatic rings. The summed E-state index contributed by atoms with van der Waals surface area (Å²) in [5, 5.41) is 8.97. The summed E-state index contributed by atoms with van der Waals surface area (Å²) < 4.78 is 77.3. The molecular weight excluding hydrogens is 378 g/mol. The highest BCUT2D eigenvalue weighted by atomic mass is 35.5. The smallest absolute Gasteiger partial charge is 0.393 e. The van der Waals surface area contributed by atoms with Gasteiger partial charge < -0.3 is 5.11 Å². The van der Waals surface area contributed by atoms with Crippen LogP contribution in [-0.4, -0.2) is 43.1 Å². The number of alkyl halides is 3. The molecule has 0 unspecified atom stereocenters. The van der Waals surface area contributed by atoms with E-state index in [2.05, 4.69) is 0 Å². The zero-order valence-electron chi connectivity index (χ0n) is 11.9. The second-order valence-corrected chi connectivity index (χ2v) is 7.81. The Balaban J connectivity index is 2.27. The van der Waals surface area contributed by atoms with Gasteiger partial charge in [0.2, 0.25) is 10.0 Å². The summed E-state index contributed by atoms with van der Waals surface area (Å²) in [6.45, 7) is -1.82. The third-order valence-electron chi connectivity index (χ3n) is 3.76. The molecule has 1 fully saturated rings. The monoisotopic (exact) mass is 389 g/mol.